The molecule has 0 unspecified atom stereocenters. The molecule has 0 N–H and O–H groups in total. The monoisotopic (exact) mass is 268 g/mol. The predicted molar refractivity (Wildman–Crippen MR) is 49.1 cm³/mol. The molecule has 0 spiro atoms. The van der Waals surface area contributed by atoms with E-state index < -0.39 is 17.4 Å². The fourth-order valence-corrected chi connectivity index (χ4v) is 1.50. The van der Waals surface area contributed by atoms with E-state index >= 15 is 0 Å². The second-order valence-corrected chi connectivity index (χ2v) is 3.34. The lowest BCUT2D eigenvalue weighted by molar-refractivity contribution is 0.101. The van der Waals surface area contributed by atoms with Crippen molar-refractivity contribution < 1.29 is 13.6 Å². The van der Waals surface area contributed by atoms with Crippen LogP contribution in [0.3, 0.4) is 0 Å². The molecule has 1 nitrogen and oxygen atoms in total. The van der Waals surface area contributed by atoms with Crippen molar-refractivity contribution in [3.05, 3.63) is 33.8 Å². The van der Waals surface area contributed by atoms with Crippen LogP contribution >= 0.6 is 27.5 Å². The Kier molecular flexibility index (Phi) is 3.39. The zero-order chi connectivity index (χ0) is 10.0. The van der Waals surface area contributed by atoms with Crippen LogP contribution in [0.5, 0.6) is 0 Å². The predicted octanol–water partition coefficient (Wildman–Crippen LogP) is 3.15. The van der Waals surface area contributed by atoms with Gasteiger partial charge in [0.25, 0.3) is 0 Å². The molecule has 1 rings (SSSR count). The molecule has 0 radical (unpaired) electrons. The molecule has 70 valence electrons. The van der Waals surface area contributed by atoms with Crippen LogP contribution < -0.4 is 0 Å². The van der Waals surface area contributed by atoms with E-state index in [4.69, 9.17) is 11.6 Å². The first-order valence-corrected chi connectivity index (χ1v) is 4.63. The SMILES string of the molecule is O=C(CCl)c1ccc(F)c(F)c1Br. The topological polar surface area (TPSA) is 17.1 Å². The van der Waals surface area contributed by atoms with Crippen molar-refractivity contribution in [3.63, 3.8) is 0 Å². The lowest BCUT2D eigenvalue weighted by Gasteiger charge is -2.02. The van der Waals surface area contributed by atoms with Crippen molar-refractivity contribution in [1.82, 2.24) is 0 Å². The third kappa shape index (κ3) is 2.06. The summed E-state index contributed by atoms with van der Waals surface area (Å²) >= 11 is 8.04. The molecular formula is C8H4BrClF2O. The van der Waals surface area contributed by atoms with Crippen LogP contribution in [0.4, 0.5) is 8.78 Å². The minimum atomic E-state index is -1.07. The first-order valence-electron chi connectivity index (χ1n) is 3.30. The molecule has 0 fully saturated rings. The highest BCUT2D eigenvalue weighted by atomic mass is 79.9. The van der Waals surface area contributed by atoms with Crippen LogP contribution in [0.15, 0.2) is 16.6 Å². The van der Waals surface area contributed by atoms with Crippen molar-refractivity contribution in [2.45, 2.75) is 0 Å². The third-order valence-corrected chi connectivity index (χ3v) is 2.47. The average Bonchev–Trinajstić information content (AvgIpc) is 2.13. The van der Waals surface area contributed by atoms with Gasteiger partial charge in [-0.25, -0.2) is 8.78 Å². The van der Waals surface area contributed by atoms with Crippen LogP contribution in [-0.4, -0.2) is 11.7 Å². The van der Waals surface area contributed by atoms with Gasteiger partial charge in [0.2, 0.25) is 0 Å². The highest BCUT2D eigenvalue weighted by molar-refractivity contribution is 9.10. The summed E-state index contributed by atoms with van der Waals surface area (Å²) in [5.41, 5.74) is 0.0499. The van der Waals surface area contributed by atoms with Gasteiger partial charge in [-0.15, -0.1) is 11.6 Å². The molecule has 0 bridgehead atoms. The zero-order valence-electron chi connectivity index (χ0n) is 6.28. The number of hydrogen-bond acceptors (Lipinski definition) is 1. The summed E-state index contributed by atoms with van der Waals surface area (Å²) in [6.07, 6.45) is 0. The van der Waals surface area contributed by atoms with E-state index in [-0.39, 0.29) is 15.9 Å². The van der Waals surface area contributed by atoms with Crippen LogP contribution in [0, 0.1) is 11.6 Å². The highest BCUT2D eigenvalue weighted by Crippen LogP contribution is 2.23. The smallest absolute Gasteiger partial charge is 0.178 e. The Hall–Kier alpha value is -0.480. The van der Waals surface area contributed by atoms with E-state index in [1.54, 1.807) is 0 Å². The lowest BCUT2D eigenvalue weighted by Crippen LogP contribution is -2.03. The number of halogens is 4. The average molecular weight is 269 g/mol. The number of rotatable bonds is 2. The first kappa shape index (κ1) is 10.6. The van der Waals surface area contributed by atoms with E-state index in [2.05, 4.69) is 15.9 Å². The van der Waals surface area contributed by atoms with Crippen molar-refractivity contribution in [3.8, 4) is 0 Å². The Labute approximate surface area is 86.8 Å². The zero-order valence-corrected chi connectivity index (χ0v) is 8.62. The van der Waals surface area contributed by atoms with E-state index in [0.29, 0.717) is 0 Å². The Balaban J connectivity index is 3.26. The molecule has 1 aromatic carbocycles. The van der Waals surface area contributed by atoms with Gasteiger partial charge < -0.3 is 0 Å². The van der Waals surface area contributed by atoms with Gasteiger partial charge in [-0.2, -0.15) is 0 Å². The minimum absolute atomic E-state index is 0.0499. The third-order valence-electron chi connectivity index (χ3n) is 1.46. The molecule has 1 aromatic rings. The Morgan fingerprint density at radius 1 is 1.46 bits per heavy atom. The molecule has 0 aliphatic rings. The number of Topliss-reactive ketones (excluding diaryl/α,β-unsaturated/α-hetero) is 1. The van der Waals surface area contributed by atoms with Crippen molar-refractivity contribution >= 4 is 33.3 Å². The standard InChI is InChI=1S/C8H4BrClF2O/c9-7-4(6(13)3-10)1-2-5(11)8(7)12/h1-2H,3H2. The van der Waals surface area contributed by atoms with Crippen molar-refractivity contribution in [1.29, 1.82) is 0 Å². The van der Waals surface area contributed by atoms with E-state index in [1.807, 2.05) is 0 Å². The van der Waals surface area contributed by atoms with Gasteiger partial charge in [-0.1, -0.05) is 0 Å². The van der Waals surface area contributed by atoms with Crippen LogP contribution in [0.1, 0.15) is 10.4 Å². The summed E-state index contributed by atoms with van der Waals surface area (Å²) in [5.74, 6) is -2.79. The molecule has 0 aliphatic heterocycles. The molecule has 0 saturated carbocycles. The molecule has 0 aromatic heterocycles. The van der Waals surface area contributed by atoms with Gasteiger partial charge in [0.15, 0.2) is 17.4 Å². The van der Waals surface area contributed by atoms with E-state index in [1.165, 1.54) is 6.07 Å². The molecule has 0 amide bonds. The van der Waals surface area contributed by atoms with Crippen LogP contribution in [0.25, 0.3) is 0 Å². The summed E-state index contributed by atoms with van der Waals surface area (Å²) in [7, 11) is 0. The fraction of sp³-hybridized carbons (Fsp3) is 0.125. The quantitative estimate of drug-likeness (QED) is 0.458. The minimum Gasteiger partial charge on any atom is -0.293 e. The summed E-state index contributed by atoms with van der Waals surface area (Å²) in [4.78, 5) is 11.0. The summed E-state index contributed by atoms with van der Waals surface area (Å²) in [5, 5.41) is 0. The number of alkyl halides is 1. The number of benzene rings is 1. The maximum absolute atomic E-state index is 12.9. The van der Waals surface area contributed by atoms with E-state index in [9.17, 15) is 13.6 Å². The summed E-state index contributed by atoms with van der Waals surface area (Å²) in [6.45, 7) is 0. The number of ketones is 1. The maximum Gasteiger partial charge on any atom is 0.178 e. The molecule has 0 atom stereocenters. The fourth-order valence-electron chi connectivity index (χ4n) is 0.813. The largest absolute Gasteiger partial charge is 0.293 e. The molecular weight excluding hydrogens is 265 g/mol. The van der Waals surface area contributed by atoms with Crippen molar-refractivity contribution in [2.75, 3.05) is 5.88 Å². The van der Waals surface area contributed by atoms with Gasteiger partial charge in [0, 0.05) is 5.56 Å². The normalized spacial score (nSPS) is 10.2. The second-order valence-electron chi connectivity index (χ2n) is 2.28. The van der Waals surface area contributed by atoms with Gasteiger partial charge in [-0.3, -0.25) is 4.79 Å². The molecule has 0 aliphatic carbocycles. The van der Waals surface area contributed by atoms with Crippen molar-refractivity contribution in [2.24, 2.45) is 0 Å². The van der Waals surface area contributed by atoms with Gasteiger partial charge in [0.05, 0.1) is 10.4 Å². The van der Waals surface area contributed by atoms with Crippen LogP contribution in [0.2, 0.25) is 0 Å². The van der Waals surface area contributed by atoms with Gasteiger partial charge >= 0.3 is 0 Å². The van der Waals surface area contributed by atoms with Gasteiger partial charge in [-0.05, 0) is 28.1 Å². The first-order chi connectivity index (χ1) is 6.07. The number of hydrogen-bond donors (Lipinski definition) is 0. The Bertz CT molecular complexity index is 354. The highest BCUT2D eigenvalue weighted by Gasteiger charge is 2.15. The Morgan fingerprint density at radius 3 is 2.62 bits per heavy atom. The lowest BCUT2D eigenvalue weighted by atomic mass is 10.1. The summed E-state index contributed by atoms with van der Waals surface area (Å²) < 4.78 is 25.3. The molecule has 13 heavy (non-hydrogen) atoms. The van der Waals surface area contributed by atoms with E-state index in [0.717, 1.165) is 6.07 Å². The van der Waals surface area contributed by atoms with Gasteiger partial charge in [0.1, 0.15) is 0 Å². The molecule has 0 heterocycles. The molecule has 0 saturated heterocycles. The Morgan fingerprint density at radius 2 is 2.08 bits per heavy atom. The van der Waals surface area contributed by atoms with Crippen LogP contribution in [-0.2, 0) is 0 Å². The number of carbonyl (C=O) groups is 1. The second kappa shape index (κ2) is 4.15. The summed E-state index contributed by atoms with van der Waals surface area (Å²) in [6, 6.07) is 2.08. The molecule has 5 heteroatoms. The number of carbonyl (C=O) groups excluding carboxylic acids is 1. The maximum atomic E-state index is 12.9.